The van der Waals surface area contributed by atoms with E-state index in [1.54, 1.807) is 6.92 Å². The third kappa shape index (κ3) is 2.65. The van der Waals surface area contributed by atoms with Crippen LogP contribution in [0.25, 0.3) is 0 Å². The van der Waals surface area contributed by atoms with Crippen molar-refractivity contribution in [2.75, 3.05) is 19.6 Å². The van der Waals surface area contributed by atoms with Crippen molar-refractivity contribution >= 4 is 11.8 Å². The molecule has 0 spiro atoms. The van der Waals surface area contributed by atoms with E-state index < -0.39 is 18.3 Å². The molecule has 2 rings (SSSR count). The number of fused-ring (bicyclic) bond motifs is 2. The number of morpholine rings is 1. The van der Waals surface area contributed by atoms with Gasteiger partial charge in [0.15, 0.2) is 0 Å². The molecule has 2 bridgehead atoms. The number of hydrogen-bond acceptors (Lipinski definition) is 5. The number of likely N-dealkylation sites (tertiary alicyclic amines) is 1. The molecule has 2 N–H and O–H groups in total. The van der Waals surface area contributed by atoms with Gasteiger partial charge in [0.25, 0.3) is 11.8 Å². The van der Waals surface area contributed by atoms with Gasteiger partial charge in [0, 0.05) is 19.6 Å². The molecular formula is C11H18N2O4. The SMILES string of the molecule is CC(O)CNCCN1C(=O)C2CCC(O2)C1=O. The number of carbonyl (C=O) groups excluding carboxylic acids is 2. The number of aliphatic hydroxyl groups excluding tert-OH is 1. The molecule has 0 radical (unpaired) electrons. The summed E-state index contributed by atoms with van der Waals surface area (Å²) in [5, 5.41) is 12.0. The van der Waals surface area contributed by atoms with Gasteiger partial charge in [-0.05, 0) is 19.8 Å². The van der Waals surface area contributed by atoms with Crippen LogP contribution in [0.15, 0.2) is 0 Å². The quantitative estimate of drug-likeness (QED) is 0.471. The second-order valence-corrected chi connectivity index (χ2v) is 4.57. The van der Waals surface area contributed by atoms with Crippen LogP contribution in [0.5, 0.6) is 0 Å². The molecule has 3 unspecified atom stereocenters. The number of rotatable bonds is 5. The fourth-order valence-corrected chi connectivity index (χ4v) is 2.18. The Labute approximate surface area is 99.9 Å². The summed E-state index contributed by atoms with van der Waals surface area (Å²) in [6.07, 6.45) is 0.0193. The first-order valence-electron chi connectivity index (χ1n) is 5.99. The van der Waals surface area contributed by atoms with E-state index in [0.717, 1.165) is 0 Å². The Morgan fingerprint density at radius 3 is 2.53 bits per heavy atom. The van der Waals surface area contributed by atoms with E-state index in [4.69, 9.17) is 9.84 Å². The van der Waals surface area contributed by atoms with Gasteiger partial charge in [-0.1, -0.05) is 0 Å². The van der Waals surface area contributed by atoms with Crippen molar-refractivity contribution in [2.24, 2.45) is 0 Å². The lowest BCUT2D eigenvalue weighted by Crippen LogP contribution is -2.53. The number of nitrogens with one attached hydrogen (secondary N) is 1. The van der Waals surface area contributed by atoms with E-state index in [1.807, 2.05) is 0 Å². The number of imide groups is 1. The topological polar surface area (TPSA) is 78.9 Å². The Bertz CT molecular complexity index is 297. The molecule has 3 atom stereocenters. The highest BCUT2D eigenvalue weighted by atomic mass is 16.5. The molecule has 96 valence electrons. The van der Waals surface area contributed by atoms with Gasteiger partial charge in [-0.3, -0.25) is 14.5 Å². The fourth-order valence-electron chi connectivity index (χ4n) is 2.18. The van der Waals surface area contributed by atoms with E-state index in [0.29, 0.717) is 32.5 Å². The van der Waals surface area contributed by atoms with Gasteiger partial charge in [-0.2, -0.15) is 0 Å². The predicted molar refractivity (Wildman–Crippen MR) is 59.2 cm³/mol. The highest BCUT2D eigenvalue weighted by Crippen LogP contribution is 2.27. The van der Waals surface area contributed by atoms with Crippen LogP contribution in [0.1, 0.15) is 19.8 Å². The second-order valence-electron chi connectivity index (χ2n) is 4.57. The molecule has 0 saturated carbocycles. The molecule has 6 heteroatoms. The van der Waals surface area contributed by atoms with Crippen molar-refractivity contribution in [3.63, 3.8) is 0 Å². The fraction of sp³-hybridized carbons (Fsp3) is 0.818. The number of hydrogen-bond donors (Lipinski definition) is 2. The third-order valence-corrected chi connectivity index (χ3v) is 3.05. The minimum atomic E-state index is -0.428. The second kappa shape index (κ2) is 5.12. The first-order chi connectivity index (χ1) is 8.09. The van der Waals surface area contributed by atoms with Gasteiger partial charge in [0.1, 0.15) is 12.2 Å². The number of ether oxygens (including phenoxy) is 1. The van der Waals surface area contributed by atoms with Crippen LogP contribution >= 0.6 is 0 Å². The monoisotopic (exact) mass is 242 g/mol. The Kier molecular flexibility index (Phi) is 3.76. The van der Waals surface area contributed by atoms with Crippen LogP contribution in [0, 0.1) is 0 Å². The third-order valence-electron chi connectivity index (χ3n) is 3.05. The first kappa shape index (κ1) is 12.5. The first-order valence-corrected chi connectivity index (χ1v) is 5.99. The lowest BCUT2D eigenvalue weighted by atomic mass is 10.2. The van der Waals surface area contributed by atoms with Crippen molar-refractivity contribution in [3.8, 4) is 0 Å². The lowest BCUT2D eigenvalue weighted by Gasteiger charge is -2.29. The van der Waals surface area contributed by atoms with E-state index in [9.17, 15) is 9.59 Å². The molecule has 0 aromatic heterocycles. The van der Waals surface area contributed by atoms with Gasteiger partial charge in [-0.15, -0.1) is 0 Å². The maximum Gasteiger partial charge on any atom is 0.258 e. The molecule has 17 heavy (non-hydrogen) atoms. The average Bonchev–Trinajstić information content (AvgIpc) is 2.72. The average molecular weight is 242 g/mol. The Morgan fingerprint density at radius 1 is 1.41 bits per heavy atom. The molecule has 0 aliphatic carbocycles. The largest absolute Gasteiger partial charge is 0.392 e. The predicted octanol–water partition coefficient (Wildman–Crippen LogP) is -1.13. The smallest absolute Gasteiger partial charge is 0.258 e. The minimum absolute atomic E-state index is 0.220. The Balaban J connectivity index is 1.83. The molecule has 2 aliphatic heterocycles. The van der Waals surface area contributed by atoms with Crippen molar-refractivity contribution in [3.05, 3.63) is 0 Å². The van der Waals surface area contributed by atoms with Gasteiger partial charge in [0.05, 0.1) is 6.10 Å². The summed E-state index contributed by atoms with van der Waals surface area (Å²) in [5.41, 5.74) is 0. The van der Waals surface area contributed by atoms with Gasteiger partial charge in [0.2, 0.25) is 0 Å². The molecular weight excluding hydrogens is 224 g/mol. The number of carbonyl (C=O) groups is 2. The highest BCUT2D eigenvalue weighted by molar-refractivity contribution is 6.02. The Morgan fingerprint density at radius 2 is 2.00 bits per heavy atom. The highest BCUT2D eigenvalue weighted by Gasteiger charge is 2.45. The van der Waals surface area contributed by atoms with Gasteiger partial charge in [-0.25, -0.2) is 0 Å². The summed E-state index contributed by atoms with van der Waals surface area (Å²) in [4.78, 5) is 24.9. The number of aliphatic hydroxyl groups is 1. The summed E-state index contributed by atoms with van der Waals surface area (Å²) in [5.74, 6) is -0.440. The molecule has 0 aromatic carbocycles. The lowest BCUT2D eigenvalue weighted by molar-refractivity contribution is -0.168. The zero-order valence-corrected chi connectivity index (χ0v) is 9.89. The van der Waals surface area contributed by atoms with E-state index in [-0.39, 0.29) is 11.8 Å². The van der Waals surface area contributed by atoms with E-state index in [1.165, 1.54) is 4.90 Å². The minimum Gasteiger partial charge on any atom is -0.392 e. The number of amides is 2. The zero-order valence-electron chi connectivity index (χ0n) is 9.89. The normalized spacial score (nSPS) is 29.9. The van der Waals surface area contributed by atoms with Crippen LogP contribution < -0.4 is 5.32 Å². The molecule has 2 amide bonds. The Hall–Kier alpha value is -0.980. The van der Waals surface area contributed by atoms with Crippen molar-refractivity contribution in [1.82, 2.24) is 10.2 Å². The molecule has 0 aromatic rings. The zero-order chi connectivity index (χ0) is 12.4. The summed E-state index contributed by atoms with van der Waals surface area (Å²) < 4.78 is 5.30. The van der Waals surface area contributed by atoms with Crippen molar-refractivity contribution in [1.29, 1.82) is 0 Å². The molecule has 2 aliphatic rings. The van der Waals surface area contributed by atoms with Crippen molar-refractivity contribution < 1.29 is 19.4 Å². The molecule has 2 heterocycles. The van der Waals surface area contributed by atoms with Crippen LogP contribution in [0.3, 0.4) is 0 Å². The van der Waals surface area contributed by atoms with Crippen LogP contribution in [-0.4, -0.2) is 59.8 Å². The van der Waals surface area contributed by atoms with Crippen LogP contribution in [0.2, 0.25) is 0 Å². The van der Waals surface area contributed by atoms with Crippen LogP contribution in [-0.2, 0) is 14.3 Å². The van der Waals surface area contributed by atoms with E-state index in [2.05, 4.69) is 5.32 Å². The molecule has 6 nitrogen and oxygen atoms in total. The van der Waals surface area contributed by atoms with Gasteiger partial charge < -0.3 is 15.2 Å². The van der Waals surface area contributed by atoms with Crippen LogP contribution in [0.4, 0.5) is 0 Å². The maximum absolute atomic E-state index is 11.8. The summed E-state index contributed by atoms with van der Waals surface area (Å²) >= 11 is 0. The summed E-state index contributed by atoms with van der Waals surface area (Å²) in [6, 6.07) is 0. The molecule has 2 saturated heterocycles. The standard InChI is InChI=1S/C11H18N2O4/c1-7(14)6-12-4-5-13-10(15)8-2-3-9(17-8)11(13)16/h7-9,12,14H,2-6H2,1H3. The van der Waals surface area contributed by atoms with Crippen molar-refractivity contribution in [2.45, 2.75) is 38.1 Å². The molecule has 2 fully saturated rings. The summed E-state index contributed by atoms with van der Waals surface area (Å²) in [7, 11) is 0. The number of nitrogens with zero attached hydrogens (tertiary/aromatic N) is 1. The van der Waals surface area contributed by atoms with Gasteiger partial charge >= 0.3 is 0 Å². The maximum atomic E-state index is 11.8. The van der Waals surface area contributed by atoms with E-state index >= 15 is 0 Å². The summed E-state index contributed by atoms with van der Waals surface area (Å²) in [6.45, 7) is 2.99.